The van der Waals surface area contributed by atoms with Gasteiger partial charge in [-0.25, -0.2) is 9.97 Å². The van der Waals surface area contributed by atoms with Crippen LogP contribution in [0.5, 0.6) is 0 Å². The number of thiazole rings is 1. The molecule has 0 aliphatic carbocycles. The number of para-hydroxylation sites is 1. The Labute approximate surface area is 155 Å². The zero-order valence-corrected chi connectivity index (χ0v) is 15.3. The van der Waals surface area contributed by atoms with E-state index in [0.29, 0.717) is 11.6 Å². The molecule has 0 radical (unpaired) electrons. The monoisotopic (exact) mass is 388 g/mol. The third-order valence-corrected chi connectivity index (χ3v) is 6.26. The first-order chi connectivity index (χ1) is 12.3. The normalized spacial score (nSPS) is 11.0. The molecule has 25 heavy (non-hydrogen) atoms. The lowest BCUT2D eigenvalue weighted by atomic mass is 10.3. The van der Waals surface area contributed by atoms with Crippen LogP contribution < -0.4 is 0 Å². The van der Waals surface area contributed by atoms with Gasteiger partial charge < -0.3 is 9.15 Å². The summed E-state index contributed by atoms with van der Waals surface area (Å²) in [7, 11) is 0. The lowest BCUT2D eigenvalue weighted by Crippen LogP contribution is -2.07. The largest absolute Gasteiger partial charge is 0.458 e. The molecule has 0 aliphatic heterocycles. The highest BCUT2D eigenvalue weighted by Gasteiger charge is 2.11. The summed E-state index contributed by atoms with van der Waals surface area (Å²) < 4.78 is 12.6. The Balaban J connectivity index is 1.29. The van der Waals surface area contributed by atoms with Crippen LogP contribution in [-0.2, 0) is 16.1 Å². The Hall–Kier alpha value is -2.16. The third kappa shape index (κ3) is 3.92. The van der Waals surface area contributed by atoms with Crippen LogP contribution in [0.15, 0.2) is 56.8 Å². The molecule has 0 aliphatic rings. The number of ether oxygens (including phenoxy) is 1. The van der Waals surface area contributed by atoms with Gasteiger partial charge in [0.25, 0.3) is 0 Å². The molecular formula is C17H12N2O3S3. The predicted molar refractivity (Wildman–Crippen MR) is 100.0 cm³/mol. The fourth-order valence-electron chi connectivity index (χ4n) is 2.12. The summed E-state index contributed by atoms with van der Waals surface area (Å²) >= 11 is 4.50. The highest BCUT2D eigenvalue weighted by molar-refractivity contribution is 8.01. The molecule has 0 saturated carbocycles. The molecule has 8 heteroatoms. The maximum atomic E-state index is 11.9. The van der Waals surface area contributed by atoms with Crippen LogP contribution in [0.1, 0.15) is 5.69 Å². The van der Waals surface area contributed by atoms with E-state index in [-0.39, 0.29) is 18.3 Å². The maximum Gasteiger partial charge on any atom is 0.316 e. The zero-order valence-electron chi connectivity index (χ0n) is 12.9. The number of thioether (sulfide) groups is 1. The molecule has 0 atom stereocenters. The number of fused-ring (bicyclic) bond motifs is 1. The second kappa shape index (κ2) is 7.38. The summed E-state index contributed by atoms with van der Waals surface area (Å²) in [4.78, 5) is 21.7. The minimum absolute atomic E-state index is 0.105. The number of hydrogen-bond acceptors (Lipinski definition) is 8. The van der Waals surface area contributed by atoms with Crippen LogP contribution in [0.3, 0.4) is 0 Å². The van der Waals surface area contributed by atoms with E-state index in [2.05, 4.69) is 9.97 Å². The van der Waals surface area contributed by atoms with Crippen molar-refractivity contribution in [2.24, 2.45) is 0 Å². The Bertz CT molecular complexity index is 959. The van der Waals surface area contributed by atoms with Gasteiger partial charge in [-0.2, -0.15) is 0 Å². The standard InChI is InChI=1S/C17H12N2O3S3/c20-15(10-24-17-19-12-4-1-2-5-13(12)25-17)21-8-11-9-22-16(18-11)14-6-3-7-23-14/h1-7,9H,8,10H2. The molecule has 1 aromatic carbocycles. The summed E-state index contributed by atoms with van der Waals surface area (Å²) in [6.45, 7) is 0.105. The fraction of sp³-hybridized carbons (Fsp3) is 0.118. The van der Waals surface area contributed by atoms with Crippen LogP contribution >= 0.6 is 34.4 Å². The van der Waals surface area contributed by atoms with Crippen molar-refractivity contribution in [1.82, 2.24) is 9.97 Å². The zero-order chi connectivity index (χ0) is 17.1. The summed E-state index contributed by atoms with van der Waals surface area (Å²) in [5.41, 5.74) is 1.55. The van der Waals surface area contributed by atoms with E-state index < -0.39 is 0 Å². The van der Waals surface area contributed by atoms with E-state index in [1.54, 1.807) is 22.7 Å². The molecule has 0 fully saturated rings. The van der Waals surface area contributed by atoms with Crippen LogP contribution in [0.4, 0.5) is 0 Å². The van der Waals surface area contributed by atoms with Gasteiger partial charge in [0.2, 0.25) is 5.89 Å². The van der Waals surface area contributed by atoms with E-state index in [1.165, 1.54) is 18.0 Å². The number of aromatic nitrogens is 2. The molecule has 5 nitrogen and oxygen atoms in total. The smallest absolute Gasteiger partial charge is 0.316 e. The number of esters is 1. The first-order valence-electron chi connectivity index (χ1n) is 7.40. The molecule has 0 unspecified atom stereocenters. The second-order valence-electron chi connectivity index (χ2n) is 5.02. The van der Waals surface area contributed by atoms with Gasteiger partial charge in [-0.15, -0.1) is 22.7 Å². The molecule has 0 bridgehead atoms. The molecule has 126 valence electrons. The Morgan fingerprint density at radius 3 is 2.96 bits per heavy atom. The number of carbonyl (C=O) groups is 1. The van der Waals surface area contributed by atoms with E-state index in [9.17, 15) is 4.79 Å². The van der Waals surface area contributed by atoms with Crippen molar-refractivity contribution in [1.29, 1.82) is 0 Å². The van der Waals surface area contributed by atoms with Crippen molar-refractivity contribution < 1.29 is 13.9 Å². The Morgan fingerprint density at radius 2 is 2.12 bits per heavy atom. The highest BCUT2D eigenvalue weighted by atomic mass is 32.2. The van der Waals surface area contributed by atoms with Gasteiger partial charge >= 0.3 is 5.97 Å². The molecule has 0 saturated heterocycles. The molecule has 0 amide bonds. The van der Waals surface area contributed by atoms with Crippen molar-refractivity contribution in [2.75, 3.05) is 5.75 Å². The summed E-state index contributed by atoms with van der Waals surface area (Å²) in [6.07, 6.45) is 1.52. The average Bonchev–Trinajstić information content (AvgIpc) is 3.37. The van der Waals surface area contributed by atoms with Gasteiger partial charge in [-0.3, -0.25) is 4.79 Å². The van der Waals surface area contributed by atoms with Gasteiger partial charge in [-0.1, -0.05) is 30.0 Å². The van der Waals surface area contributed by atoms with Crippen LogP contribution in [0, 0.1) is 0 Å². The van der Waals surface area contributed by atoms with E-state index in [0.717, 1.165) is 19.4 Å². The minimum Gasteiger partial charge on any atom is -0.458 e. The van der Waals surface area contributed by atoms with E-state index in [4.69, 9.17) is 9.15 Å². The quantitative estimate of drug-likeness (QED) is 0.348. The van der Waals surface area contributed by atoms with Crippen molar-refractivity contribution in [3.05, 3.63) is 53.7 Å². The van der Waals surface area contributed by atoms with Crippen LogP contribution in [0.25, 0.3) is 21.0 Å². The number of nitrogens with zero attached hydrogens (tertiary/aromatic N) is 2. The van der Waals surface area contributed by atoms with E-state index in [1.807, 2.05) is 41.8 Å². The molecule has 4 aromatic rings. The first-order valence-corrected chi connectivity index (χ1v) is 10.1. The summed E-state index contributed by atoms with van der Waals surface area (Å²) in [5, 5.41) is 1.96. The number of hydrogen-bond donors (Lipinski definition) is 0. The topological polar surface area (TPSA) is 65.2 Å². The van der Waals surface area contributed by atoms with Gasteiger partial charge in [-0.05, 0) is 23.6 Å². The SMILES string of the molecule is O=C(CSc1nc2ccccc2s1)OCc1coc(-c2cccs2)n1. The number of oxazole rings is 1. The molecule has 3 heterocycles. The van der Waals surface area contributed by atoms with Crippen LogP contribution in [-0.4, -0.2) is 21.7 Å². The van der Waals surface area contributed by atoms with Crippen LogP contribution in [0.2, 0.25) is 0 Å². The fourth-order valence-corrected chi connectivity index (χ4v) is 4.64. The number of rotatable bonds is 6. The van der Waals surface area contributed by atoms with Crippen molar-refractivity contribution in [3.8, 4) is 10.8 Å². The molecule has 4 rings (SSSR count). The van der Waals surface area contributed by atoms with Crippen molar-refractivity contribution in [2.45, 2.75) is 10.9 Å². The molecular weight excluding hydrogens is 376 g/mol. The minimum atomic E-state index is -0.301. The predicted octanol–water partition coefficient (Wildman–Crippen LogP) is 4.85. The molecule has 0 N–H and O–H groups in total. The summed E-state index contributed by atoms with van der Waals surface area (Å²) in [6, 6.07) is 11.8. The highest BCUT2D eigenvalue weighted by Crippen LogP contribution is 2.29. The number of thiophene rings is 1. The Morgan fingerprint density at radius 1 is 1.20 bits per heavy atom. The van der Waals surface area contributed by atoms with Gasteiger partial charge in [0, 0.05) is 0 Å². The number of benzene rings is 1. The van der Waals surface area contributed by atoms with Gasteiger partial charge in [0.1, 0.15) is 18.6 Å². The molecule has 0 spiro atoms. The van der Waals surface area contributed by atoms with Crippen molar-refractivity contribution >= 4 is 50.6 Å². The molecule has 3 aromatic heterocycles. The lowest BCUT2D eigenvalue weighted by Gasteiger charge is -2.00. The van der Waals surface area contributed by atoms with E-state index >= 15 is 0 Å². The second-order valence-corrected chi connectivity index (χ2v) is 8.22. The summed E-state index contributed by atoms with van der Waals surface area (Å²) in [5.74, 6) is 0.463. The van der Waals surface area contributed by atoms with Crippen molar-refractivity contribution in [3.63, 3.8) is 0 Å². The Kier molecular flexibility index (Phi) is 4.82. The first kappa shape index (κ1) is 16.3. The average molecular weight is 388 g/mol. The lowest BCUT2D eigenvalue weighted by molar-refractivity contribution is -0.141. The number of carbonyl (C=O) groups excluding carboxylic acids is 1. The van der Waals surface area contributed by atoms with Gasteiger partial charge in [0.15, 0.2) is 4.34 Å². The maximum absolute atomic E-state index is 11.9. The van der Waals surface area contributed by atoms with Gasteiger partial charge in [0.05, 0.1) is 20.8 Å². The third-order valence-electron chi connectivity index (χ3n) is 3.25.